The van der Waals surface area contributed by atoms with Gasteiger partial charge in [-0.3, -0.25) is 4.79 Å². The molecular formula is C21H31N7O3S. The van der Waals surface area contributed by atoms with Crippen LogP contribution in [0.3, 0.4) is 0 Å². The summed E-state index contributed by atoms with van der Waals surface area (Å²) in [6.07, 6.45) is 2.40. The summed E-state index contributed by atoms with van der Waals surface area (Å²) in [5.74, 6) is 2.31. The van der Waals surface area contributed by atoms with Crippen LogP contribution >= 0.6 is 0 Å². The molecule has 174 valence electrons. The molecule has 2 fully saturated rings. The summed E-state index contributed by atoms with van der Waals surface area (Å²) >= 11 is 0. The molecule has 0 atom stereocenters. The number of piperazine rings is 1. The zero-order chi connectivity index (χ0) is 23.0. The van der Waals surface area contributed by atoms with E-state index in [-0.39, 0.29) is 11.8 Å². The van der Waals surface area contributed by atoms with Crippen LogP contribution in [0, 0.1) is 26.7 Å². The highest BCUT2D eigenvalue weighted by molar-refractivity contribution is 7.88. The van der Waals surface area contributed by atoms with Crippen molar-refractivity contribution in [2.75, 3.05) is 50.4 Å². The third-order valence-electron chi connectivity index (χ3n) is 6.23. The molecule has 0 saturated carbocycles. The van der Waals surface area contributed by atoms with Crippen molar-refractivity contribution in [2.24, 2.45) is 5.92 Å². The number of piperidine rings is 1. The van der Waals surface area contributed by atoms with E-state index in [9.17, 15) is 13.2 Å². The average Bonchev–Trinajstić information content (AvgIpc) is 3.10. The highest BCUT2D eigenvalue weighted by atomic mass is 32.2. The number of aryl methyl sites for hydroxylation is 3. The van der Waals surface area contributed by atoms with Crippen LogP contribution in [0.15, 0.2) is 12.1 Å². The fourth-order valence-electron chi connectivity index (χ4n) is 4.52. The number of rotatable bonds is 4. The van der Waals surface area contributed by atoms with E-state index >= 15 is 0 Å². The normalized spacial score (nSPS) is 18.9. The molecule has 0 bridgehead atoms. The zero-order valence-electron chi connectivity index (χ0n) is 19.2. The summed E-state index contributed by atoms with van der Waals surface area (Å²) in [5, 5.41) is 4.53. The maximum Gasteiger partial charge on any atom is 0.225 e. The zero-order valence-corrected chi connectivity index (χ0v) is 20.0. The maximum absolute atomic E-state index is 13.0. The predicted octanol–water partition coefficient (Wildman–Crippen LogP) is 0.908. The summed E-state index contributed by atoms with van der Waals surface area (Å²) in [5.41, 5.74) is 1.96. The summed E-state index contributed by atoms with van der Waals surface area (Å²) in [7, 11) is -3.18. The molecule has 0 unspecified atom stereocenters. The lowest BCUT2D eigenvalue weighted by Crippen LogP contribution is -2.52. The van der Waals surface area contributed by atoms with Crippen LogP contribution in [0.2, 0.25) is 0 Å². The quantitative estimate of drug-likeness (QED) is 0.666. The third-order valence-corrected chi connectivity index (χ3v) is 7.53. The standard InChI is InChI=1S/C21H31N7O3S/c1-15-13-16(2)28(24-15)20-14-19(22-17(3)23-20)25-9-11-26(12-10-25)21(29)18-5-7-27(8-6-18)32(4,30)31/h13-14,18H,5-12H2,1-4H3. The smallest absolute Gasteiger partial charge is 0.225 e. The Kier molecular flexibility index (Phi) is 6.22. The number of aromatic nitrogens is 4. The molecule has 4 heterocycles. The Morgan fingerprint density at radius 3 is 2.12 bits per heavy atom. The predicted molar refractivity (Wildman–Crippen MR) is 121 cm³/mol. The van der Waals surface area contributed by atoms with Gasteiger partial charge in [-0.2, -0.15) is 5.10 Å². The first-order valence-corrected chi connectivity index (χ1v) is 12.8. The van der Waals surface area contributed by atoms with Crippen molar-refractivity contribution in [1.82, 2.24) is 29.0 Å². The molecule has 0 aliphatic carbocycles. The van der Waals surface area contributed by atoms with E-state index < -0.39 is 10.0 Å². The van der Waals surface area contributed by atoms with Crippen LogP contribution in [-0.2, 0) is 14.8 Å². The minimum Gasteiger partial charge on any atom is -0.353 e. The molecule has 2 aliphatic rings. The van der Waals surface area contributed by atoms with Gasteiger partial charge < -0.3 is 9.80 Å². The third kappa shape index (κ3) is 4.78. The van der Waals surface area contributed by atoms with E-state index in [0.717, 1.165) is 23.0 Å². The number of hydrogen-bond acceptors (Lipinski definition) is 7. The van der Waals surface area contributed by atoms with E-state index in [1.807, 2.05) is 42.5 Å². The van der Waals surface area contributed by atoms with Crippen molar-refractivity contribution >= 4 is 21.7 Å². The first kappa shape index (κ1) is 22.7. The van der Waals surface area contributed by atoms with Crippen LogP contribution in [-0.4, -0.2) is 88.8 Å². The van der Waals surface area contributed by atoms with Gasteiger partial charge in [-0.15, -0.1) is 0 Å². The molecule has 0 radical (unpaired) electrons. The van der Waals surface area contributed by atoms with E-state index in [4.69, 9.17) is 0 Å². The van der Waals surface area contributed by atoms with Gasteiger partial charge in [0.1, 0.15) is 11.6 Å². The molecule has 0 aromatic carbocycles. The lowest BCUT2D eigenvalue weighted by Gasteiger charge is -2.38. The Morgan fingerprint density at radius 1 is 0.938 bits per heavy atom. The molecule has 2 aromatic rings. The van der Waals surface area contributed by atoms with Gasteiger partial charge in [0, 0.05) is 56.9 Å². The molecule has 0 spiro atoms. The largest absolute Gasteiger partial charge is 0.353 e. The number of hydrogen-bond donors (Lipinski definition) is 0. The minimum absolute atomic E-state index is 0.0986. The van der Waals surface area contributed by atoms with E-state index in [1.165, 1.54) is 10.6 Å². The first-order chi connectivity index (χ1) is 15.1. The number of carbonyl (C=O) groups is 1. The van der Waals surface area contributed by atoms with Crippen molar-refractivity contribution in [1.29, 1.82) is 0 Å². The van der Waals surface area contributed by atoms with Gasteiger partial charge in [-0.1, -0.05) is 0 Å². The highest BCUT2D eigenvalue weighted by Crippen LogP contribution is 2.23. The summed E-state index contributed by atoms with van der Waals surface area (Å²) in [6, 6.07) is 3.97. The fraction of sp³-hybridized carbons (Fsp3) is 0.619. The van der Waals surface area contributed by atoms with Crippen molar-refractivity contribution in [2.45, 2.75) is 33.6 Å². The number of carbonyl (C=O) groups excluding carboxylic acids is 1. The first-order valence-electron chi connectivity index (χ1n) is 11.0. The van der Waals surface area contributed by atoms with E-state index in [0.29, 0.717) is 57.9 Å². The van der Waals surface area contributed by atoms with Gasteiger partial charge in [-0.25, -0.2) is 27.4 Å². The van der Waals surface area contributed by atoms with Crippen LogP contribution in [0.1, 0.15) is 30.1 Å². The SMILES string of the molecule is Cc1cc(C)n(-c2cc(N3CCN(C(=O)C4CCN(S(C)(=O)=O)CC4)CC3)nc(C)n2)n1. The van der Waals surface area contributed by atoms with Gasteiger partial charge in [-0.05, 0) is 39.7 Å². The second-order valence-corrected chi connectivity index (χ2v) is 10.7. The van der Waals surface area contributed by atoms with Gasteiger partial charge in [0.05, 0.1) is 11.9 Å². The van der Waals surface area contributed by atoms with Crippen LogP contribution < -0.4 is 4.90 Å². The second-order valence-electron chi connectivity index (χ2n) is 8.72. The molecular weight excluding hydrogens is 430 g/mol. The topological polar surface area (TPSA) is 105 Å². The fourth-order valence-corrected chi connectivity index (χ4v) is 5.39. The van der Waals surface area contributed by atoms with Crippen molar-refractivity contribution in [3.63, 3.8) is 0 Å². The van der Waals surface area contributed by atoms with Gasteiger partial charge in [0.15, 0.2) is 5.82 Å². The van der Waals surface area contributed by atoms with Crippen LogP contribution in [0.4, 0.5) is 5.82 Å². The molecule has 10 nitrogen and oxygen atoms in total. The van der Waals surface area contributed by atoms with Crippen molar-refractivity contribution in [3.05, 3.63) is 29.3 Å². The Bertz CT molecular complexity index is 1100. The minimum atomic E-state index is -3.18. The molecule has 2 aliphatic heterocycles. The molecule has 2 saturated heterocycles. The van der Waals surface area contributed by atoms with Gasteiger partial charge in [0.25, 0.3) is 0 Å². The molecule has 1 amide bonds. The number of nitrogens with zero attached hydrogens (tertiary/aromatic N) is 7. The van der Waals surface area contributed by atoms with Gasteiger partial charge >= 0.3 is 0 Å². The Morgan fingerprint density at radius 2 is 1.56 bits per heavy atom. The van der Waals surface area contributed by atoms with E-state index in [2.05, 4.69) is 20.0 Å². The Hall–Kier alpha value is -2.53. The van der Waals surface area contributed by atoms with Crippen molar-refractivity contribution < 1.29 is 13.2 Å². The van der Waals surface area contributed by atoms with Crippen LogP contribution in [0.5, 0.6) is 0 Å². The molecule has 2 aromatic heterocycles. The van der Waals surface area contributed by atoms with Gasteiger partial charge in [0.2, 0.25) is 15.9 Å². The molecule has 0 N–H and O–H groups in total. The molecule has 32 heavy (non-hydrogen) atoms. The molecule has 11 heteroatoms. The van der Waals surface area contributed by atoms with E-state index in [1.54, 1.807) is 0 Å². The molecule has 4 rings (SSSR count). The van der Waals surface area contributed by atoms with Crippen LogP contribution in [0.25, 0.3) is 5.82 Å². The lowest BCUT2D eigenvalue weighted by atomic mass is 9.96. The van der Waals surface area contributed by atoms with Crippen molar-refractivity contribution in [3.8, 4) is 5.82 Å². The second kappa shape index (κ2) is 8.78. The number of anilines is 1. The highest BCUT2D eigenvalue weighted by Gasteiger charge is 2.33. The summed E-state index contributed by atoms with van der Waals surface area (Å²) in [4.78, 5) is 26.2. The maximum atomic E-state index is 13.0. The monoisotopic (exact) mass is 461 g/mol. The summed E-state index contributed by atoms with van der Waals surface area (Å²) < 4.78 is 26.7. The Balaban J connectivity index is 1.39. The lowest BCUT2D eigenvalue weighted by molar-refractivity contribution is -0.137. The Labute approximate surface area is 189 Å². The number of amides is 1. The summed E-state index contributed by atoms with van der Waals surface area (Å²) in [6.45, 7) is 9.33. The average molecular weight is 462 g/mol. The number of sulfonamides is 1.